The third kappa shape index (κ3) is 4.33. The van der Waals surface area contributed by atoms with E-state index in [4.69, 9.17) is 14.2 Å². The molecule has 2 aromatic rings. The van der Waals surface area contributed by atoms with Crippen LogP contribution in [0.25, 0.3) is 0 Å². The van der Waals surface area contributed by atoms with Crippen LogP contribution in [0.5, 0.6) is 11.9 Å². The molecule has 1 saturated heterocycles. The predicted molar refractivity (Wildman–Crippen MR) is 95.9 cm³/mol. The Bertz CT molecular complexity index is 826. The van der Waals surface area contributed by atoms with Gasteiger partial charge in [-0.2, -0.15) is 4.98 Å². The van der Waals surface area contributed by atoms with E-state index in [-0.39, 0.29) is 23.6 Å². The number of nitrogens with zero attached hydrogens (tertiary/aromatic N) is 3. The van der Waals surface area contributed by atoms with Crippen LogP contribution in [0.15, 0.2) is 36.5 Å². The van der Waals surface area contributed by atoms with Gasteiger partial charge in [0.15, 0.2) is 0 Å². The van der Waals surface area contributed by atoms with E-state index in [2.05, 4.69) is 9.97 Å². The fourth-order valence-corrected chi connectivity index (χ4v) is 3.01. The van der Waals surface area contributed by atoms with E-state index >= 15 is 0 Å². The maximum absolute atomic E-state index is 13.0. The Hall–Kier alpha value is -3.16. The fourth-order valence-electron chi connectivity index (χ4n) is 3.01. The zero-order chi connectivity index (χ0) is 19.2. The molecule has 1 atom stereocenters. The van der Waals surface area contributed by atoms with E-state index in [1.807, 2.05) is 0 Å². The summed E-state index contributed by atoms with van der Waals surface area (Å²) in [6.45, 7) is 1.00. The Morgan fingerprint density at radius 2 is 1.93 bits per heavy atom. The number of benzene rings is 1. The van der Waals surface area contributed by atoms with Crippen LogP contribution in [-0.4, -0.2) is 60.2 Å². The van der Waals surface area contributed by atoms with Crippen molar-refractivity contribution >= 4 is 11.9 Å². The molecule has 0 radical (unpaired) electrons. The topological polar surface area (TPSA) is 90.9 Å². The first-order valence-corrected chi connectivity index (χ1v) is 8.62. The summed E-state index contributed by atoms with van der Waals surface area (Å²) in [4.78, 5) is 34.7. The van der Waals surface area contributed by atoms with Crippen LogP contribution in [0.4, 0.5) is 0 Å². The van der Waals surface area contributed by atoms with Gasteiger partial charge >= 0.3 is 12.0 Å². The normalized spacial score (nSPS) is 16.5. The highest BCUT2D eigenvalue weighted by Gasteiger charge is 2.28. The Morgan fingerprint density at radius 1 is 1.15 bits per heavy atom. The van der Waals surface area contributed by atoms with Gasteiger partial charge in [-0.15, -0.1) is 0 Å². The molecule has 1 unspecified atom stereocenters. The second-order valence-electron chi connectivity index (χ2n) is 6.05. The molecule has 142 valence electrons. The molecule has 27 heavy (non-hydrogen) atoms. The summed E-state index contributed by atoms with van der Waals surface area (Å²) in [6.07, 6.45) is 2.94. The quantitative estimate of drug-likeness (QED) is 0.742. The lowest BCUT2D eigenvalue weighted by molar-refractivity contribution is 0.0510. The largest absolute Gasteiger partial charge is 0.472 e. The van der Waals surface area contributed by atoms with Gasteiger partial charge in [-0.25, -0.2) is 9.78 Å². The first kappa shape index (κ1) is 18.6. The second kappa shape index (κ2) is 8.48. The molecule has 3 rings (SSSR count). The summed E-state index contributed by atoms with van der Waals surface area (Å²) >= 11 is 0. The maximum Gasteiger partial charge on any atom is 0.338 e. The molecule has 8 heteroatoms. The number of carbonyl (C=O) groups excluding carboxylic acids is 2. The Balaban J connectivity index is 1.72. The van der Waals surface area contributed by atoms with Crippen molar-refractivity contribution in [2.24, 2.45) is 0 Å². The van der Waals surface area contributed by atoms with E-state index in [0.29, 0.717) is 24.5 Å². The van der Waals surface area contributed by atoms with Gasteiger partial charge in [0.25, 0.3) is 5.91 Å². The number of esters is 1. The summed E-state index contributed by atoms with van der Waals surface area (Å²) in [5.41, 5.74) is 0.585. The van der Waals surface area contributed by atoms with Gasteiger partial charge in [0.1, 0.15) is 6.10 Å². The van der Waals surface area contributed by atoms with Crippen molar-refractivity contribution in [2.45, 2.75) is 18.9 Å². The summed E-state index contributed by atoms with van der Waals surface area (Å²) in [7, 11) is 2.78. The van der Waals surface area contributed by atoms with Gasteiger partial charge in [-0.3, -0.25) is 4.79 Å². The number of carbonyl (C=O) groups is 2. The van der Waals surface area contributed by atoms with Crippen LogP contribution < -0.4 is 9.47 Å². The molecular formula is C19H21N3O5. The highest BCUT2D eigenvalue weighted by Crippen LogP contribution is 2.21. The van der Waals surface area contributed by atoms with Crippen molar-refractivity contribution < 1.29 is 23.8 Å². The molecule has 0 saturated carbocycles. The molecule has 0 spiro atoms. The van der Waals surface area contributed by atoms with E-state index < -0.39 is 5.97 Å². The molecular weight excluding hydrogens is 350 g/mol. The highest BCUT2D eigenvalue weighted by molar-refractivity contribution is 6.05. The molecule has 1 aliphatic rings. The van der Waals surface area contributed by atoms with Gasteiger partial charge in [-0.05, 0) is 25.0 Å². The van der Waals surface area contributed by atoms with Gasteiger partial charge in [0.05, 0.1) is 31.9 Å². The van der Waals surface area contributed by atoms with Crippen molar-refractivity contribution in [1.82, 2.24) is 14.9 Å². The van der Waals surface area contributed by atoms with Crippen LogP contribution in [0.3, 0.4) is 0 Å². The van der Waals surface area contributed by atoms with Crippen molar-refractivity contribution in [2.75, 3.05) is 27.3 Å². The SMILES string of the molecule is COC(=O)c1ccccc1C(=O)N1CCCC(Oc2ccnc(OC)n2)C1. The number of aromatic nitrogens is 2. The third-order valence-corrected chi connectivity index (χ3v) is 4.31. The number of hydrogen-bond acceptors (Lipinski definition) is 7. The molecule has 8 nitrogen and oxygen atoms in total. The Morgan fingerprint density at radius 3 is 2.67 bits per heavy atom. The second-order valence-corrected chi connectivity index (χ2v) is 6.05. The number of piperidine rings is 1. The van der Waals surface area contributed by atoms with Gasteiger partial charge in [-0.1, -0.05) is 12.1 Å². The minimum absolute atomic E-state index is 0.201. The van der Waals surface area contributed by atoms with E-state index in [1.54, 1.807) is 41.4 Å². The van der Waals surface area contributed by atoms with Crippen molar-refractivity contribution in [3.8, 4) is 11.9 Å². The van der Waals surface area contributed by atoms with Gasteiger partial charge in [0.2, 0.25) is 5.88 Å². The van der Waals surface area contributed by atoms with E-state index in [1.165, 1.54) is 14.2 Å². The lowest BCUT2D eigenvalue weighted by Crippen LogP contribution is -2.44. The average molecular weight is 371 g/mol. The lowest BCUT2D eigenvalue weighted by Gasteiger charge is -2.33. The zero-order valence-electron chi connectivity index (χ0n) is 15.3. The number of rotatable bonds is 5. The zero-order valence-corrected chi connectivity index (χ0v) is 15.3. The monoisotopic (exact) mass is 371 g/mol. The minimum atomic E-state index is -0.531. The third-order valence-electron chi connectivity index (χ3n) is 4.31. The van der Waals surface area contributed by atoms with Crippen LogP contribution in [0.2, 0.25) is 0 Å². The molecule has 1 fully saturated rings. The predicted octanol–water partition coefficient (Wildman–Crippen LogP) is 1.96. The first-order chi connectivity index (χ1) is 13.1. The number of hydrogen-bond donors (Lipinski definition) is 0. The standard InChI is InChI=1S/C19H21N3O5/c1-25-18(24)15-8-4-3-7-14(15)17(23)22-11-5-6-13(12-22)27-16-9-10-20-19(21-16)26-2/h3-4,7-10,13H,5-6,11-12H2,1-2H3. The van der Waals surface area contributed by atoms with Crippen LogP contribution in [0.1, 0.15) is 33.6 Å². The number of likely N-dealkylation sites (tertiary alicyclic amines) is 1. The summed E-state index contributed by atoms with van der Waals surface area (Å²) in [6, 6.07) is 8.52. The average Bonchev–Trinajstić information content (AvgIpc) is 2.73. The van der Waals surface area contributed by atoms with Gasteiger partial charge in [0, 0.05) is 18.8 Å². The van der Waals surface area contributed by atoms with Crippen LogP contribution in [0, 0.1) is 0 Å². The van der Waals surface area contributed by atoms with Crippen molar-refractivity contribution in [1.29, 1.82) is 0 Å². The molecule has 0 N–H and O–H groups in total. The lowest BCUT2D eigenvalue weighted by atomic mass is 10.0. The summed E-state index contributed by atoms with van der Waals surface area (Å²) < 4.78 is 15.7. The van der Waals surface area contributed by atoms with Crippen molar-refractivity contribution in [3.05, 3.63) is 47.7 Å². The molecule has 2 heterocycles. The highest BCUT2D eigenvalue weighted by atomic mass is 16.5. The number of methoxy groups -OCH3 is 2. The Kier molecular flexibility index (Phi) is 5.85. The molecule has 1 aliphatic heterocycles. The van der Waals surface area contributed by atoms with Crippen LogP contribution >= 0.6 is 0 Å². The molecule has 0 aliphatic carbocycles. The Labute approximate surface area is 157 Å². The molecule has 1 amide bonds. The van der Waals surface area contributed by atoms with Gasteiger partial charge < -0.3 is 19.1 Å². The maximum atomic E-state index is 13.0. The minimum Gasteiger partial charge on any atom is -0.472 e. The molecule has 1 aromatic heterocycles. The van der Waals surface area contributed by atoms with Crippen LogP contribution in [-0.2, 0) is 4.74 Å². The smallest absolute Gasteiger partial charge is 0.338 e. The molecule has 0 bridgehead atoms. The summed E-state index contributed by atoms with van der Waals surface area (Å²) in [5, 5.41) is 0. The summed E-state index contributed by atoms with van der Waals surface area (Å²) in [5.74, 6) is -0.350. The number of ether oxygens (including phenoxy) is 3. The molecule has 1 aromatic carbocycles. The van der Waals surface area contributed by atoms with E-state index in [9.17, 15) is 9.59 Å². The van der Waals surface area contributed by atoms with Crippen molar-refractivity contribution in [3.63, 3.8) is 0 Å². The number of amides is 1. The fraction of sp³-hybridized carbons (Fsp3) is 0.368. The van der Waals surface area contributed by atoms with E-state index in [0.717, 1.165) is 12.8 Å². The first-order valence-electron chi connectivity index (χ1n) is 8.62.